The Morgan fingerprint density at radius 2 is 1.56 bits per heavy atom. The van der Waals surface area contributed by atoms with E-state index < -0.39 is 22.7 Å². The molecule has 0 amide bonds. The number of piperidine rings is 1. The summed E-state index contributed by atoms with van der Waals surface area (Å²) in [4.78, 5) is 12.0. The van der Waals surface area contributed by atoms with Crippen LogP contribution in [0.25, 0.3) is 22.3 Å². The first-order valence-electron chi connectivity index (χ1n) is 8.68. The van der Waals surface area contributed by atoms with Crippen LogP contribution in [0.3, 0.4) is 0 Å². The molecule has 0 bridgehead atoms. The maximum absolute atomic E-state index is 12.0. The fourth-order valence-corrected chi connectivity index (χ4v) is 2.90. The van der Waals surface area contributed by atoms with Crippen molar-refractivity contribution < 1.29 is 24.9 Å². The Labute approximate surface area is 155 Å². The Hall–Kier alpha value is -3.03. The first-order chi connectivity index (χ1) is 13.0. The molecule has 1 aliphatic heterocycles. The van der Waals surface area contributed by atoms with Crippen LogP contribution < -0.4 is 5.43 Å². The highest BCUT2D eigenvalue weighted by atomic mass is 16.5. The van der Waals surface area contributed by atoms with Gasteiger partial charge in [0.2, 0.25) is 5.75 Å². The van der Waals surface area contributed by atoms with Gasteiger partial charge in [-0.2, -0.15) is 5.06 Å². The number of fused-ring (bicyclic) bond motifs is 1. The highest BCUT2D eigenvalue weighted by Gasteiger charge is 2.17. The summed E-state index contributed by atoms with van der Waals surface area (Å²) in [6, 6.07) is 11.3. The molecule has 3 aromatic rings. The molecule has 0 aliphatic carbocycles. The number of phenols is 3. The standard InChI is InChI=1S/C15H10O5.C5H11NO/c16-9-6-11(8-4-2-1-3-5-8)20-12-7-10(17)14(18)15(19)13(9)12;7-6-4-2-1-3-5-6/h1-7,17-19H;7H,1-5H2. The monoisotopic (exact) mass is 371 g/mol. The lowest BCUT2D eigenvalue weighted by atomic mass is 10.1. The second-order valence-electron chi connectivity index (χ2n) is 6.32. The zero-order valence-corrected chi connectivity index (χ0v) is 14.6. The molecule has 0 unspecified atom stereocenters. The van der Waals surface area contributed by atoms with Crippen molar-refractivity contribution in [2.75, 3.05) is 13.1 Å². The Kier molecular flexibility index (Phi) is 5.63. The van der Waals surface area contributed by atoms with Crippen molar-refractivity contribution in [2.45, 2.75) is 19.3 Å². The van der Waals surface area contributed by atoms with Gasteiger partial charge in [0.05, 0.1) is 0 Å². The van der Waals surface area contributed by atoms with Gasteiger partial charge >= 0.3 is 0 Å². The summed E-state index contributed by atoms with van der Waals surface area (Å²) in [6.45, 7) is 1.75. The molecule has 0 radical (unpaired) electrons. The molecule has 27 heavy (non-hydrogen) atoms. The molecule has 2 heterocycles. The third-order valence-electron chi connectivity index (χ3n) is 4.34. The van der Waals surface area contributed by atoms with Crippen LogP contribution in [-0.2, 0) is 0 Å². The highest BCUT2D eigenvalue weighted by Crippen LogP contribution is 2.40. The van der Waals surface area contributed by atoms with E-state index in [4.69, 9.17) is 9.62 Å². The SMILES string of the molecule is O=c1cc(-c2ccccc2)oc2cc(O)c(O)c(O)c12.ON1CCCCC1. The first-order valence-corrected chi connectivity index (χ1v) is 8.68. The van der Waals surface area contributed by atoms with Crippen LogP contribution in [0.15, 0.2) is 51.7 Å². The Morgan fingerprint density at radius 3 is 2.15 bits per heavy atom. The largest absolute Gasteiger partial charge is 0.504 e. The van der Waals surface area contributed by atoms with Gasteiger partial charge in [0.25, 0.3) is 0 Å². The molecular formula is C20H21NO6. The van der Waals surface area contributed by atoms with E-state index in [9.17, 15) is 20.1 Å². The van der Waals surface area contributed by atoms with Gasteiger partial charge in [-0.3, -0.25) is 4.79 Å². The van der Waals surface area contributed by atoms with Gasteiger partial charge in [0.15, 0.2) is 16.9 Å². The van der Waals surface area contributed by atoms with Crippen molar-refractivity contribution in [2.24, 2.45) is 0 Å². The minimum Gasteiger partial charge on any atom is -0.504 e. The molecule has 1 saturated heterocycles. The van der Waals surface area contributed by atoms with Crippen LogP contribution in [0, 0.1) is 0 Å². The molecule has 7 heteroatoms. The smallest absolute Gasteiger partial charge is 0.201 e. The van der Waals surface area contributed by atoms with Gasteiger partial charge in [0, 0.05) is 30.8 Å². The van der Waals surface area contributed by atoms with Crippen molar-refractivity contribution in [1.29, 1.82) is 0 Å². The predicted molar refractivity (Wildman–Crippen MR) is 100 cm³/mol. The Morgan fingerprint density at radius 1 is 0.889 bits per heavy atom. The van der Waals surface area contributed by atoms with Crippen molar-refractivity contribution in [3.63, 3.8) is 0 Å². The number of nitrogens with zero attached hydrogens (tertiary/aromatic N) is 1. The molecule has 1 aromatic heterocycles. The van der Waals surface area contributed by atoms with Crippen molar-refractivity contribution in [3.8, 4) is 28.6 Å². The molecular weight excluding hydrogens is 350 g/mol. The molecule has 4 N–H and O–H groups in total. The molecule has 1 fully saturated rings. The topological polar surface area (TPSA) is 114 Å². The third-order valence-corrected chi connectivity index (χ3v) is 4.34. The lowest BCUT2D eigenvalue weighted by Crippen LogP contribution is -2.25. The van der Waals surface area contributed by atoms with Crippen molar-refractivity contribution in [1.82, 2.24) is 5.06 Å². The second kappa shape index (κ2) is 8.11. The molecule has 0 saturated carbocycles. The minimum atomic E-state index is -0.739. The summed E-state index contributed by atoms with van der Waals surface area (Å²) < 4.78 is 5.51. The molecule has 1 aliphatic rings. The minimum absolute atomic E-state index is 0.00385. The fraction of sp³-hybridized carbons (Fsp3) is 0.250. The summed E-state index contributed by atoms with van der Waals surface area (Å²) in [5, 5.41) is 38.6. The Bertz CT molecular complexity index is 977. The number of hydrogen-bond donors (Lipinski definition) is 4. The summed E-state index contributed by atoms with van der Waals surface area (Å²) in [7, 11) is 0. The normalized spacial score (nSPS) is 14.6. The summed E-state index contributed by atoms with van der Waals surface area (Å²) in [5.41, 5.74) is 0.195. The average Bonchev–Trinajstić information content (AvgIpc) is 2.67. The molecule has 4 rings (SSSR count). The summed E-state index contributed by atoms with van der Waals surface area (Å²) >= 11 is 0. The van der Waals surface area contributed by atoms with Gasteiger partial charge in [0.1, 0.15) is 16.7 Å². The molecule has 0 spiro atoms. The number of rotatable bonds is 1. The van der Waals surface area contributed by atoms with Gasteiger partial charge in [-0.15, -0.1) is 0 Å². The van der Waals surface area contributed by atoms with Crippen LogP contribution in [0.5, 0.6) is 17.2 Å². The van der Waals surface area contributed by atoms with Crippen LogP contribution in [-0.4, -0.2) is 38.7 Å². The summed E-state index contributed by atoms with van der Waals surface area (Å²) in [6.07, 6.45) is 3.62. The first kappa shape index (κ1) is 18.8. The van der Waals surface area contributed by atoms with Crippen LogP contribution >= 0.6 is 0 Å². The molecule has 142 valence electrons. The number of hydroxylamine groups is 2. The van der Waals surface area contributed by atoms with Gasteiger partial charge < -0.3 is 24.9 Å². The predicted octanol–water partition coefficient (Wildman–Crippen LogP) is 3.44. The van der Waals surface area contributed by atoms with Gasteiger partial charge in [-0.1, -0.05) is 36.8 Å². The van der Waals surface area contributed by atoms with E-state index in [1.807, 2.05) is 6.07 Å². The zero-order valence-electron chi connectivity index (χ0n) is 14.6. The lowest BCUT2D eigenvalue weighted by Gasteiger charge is -2.18. The number of hydrogen-bond acceptors (Lipinski definition) is 7. The quantitative estimate of drug-likeness (QED) is 0.484. The second-order valence-corrected chi connectivity index (χ2v) is 6.32. The maximum atomic E-state index is 12.0. The van der Waals surface area contributed by atoms with E-state index in [0.717, 1.165) is 32.0 Å². The van der Waals surface area contributed by atoms with Crippen LogP contribution in [0.1, 0.15) is 19.3 Å². The van der Waals surface area contributed by atoms with Crippen molar-refractivity contribution >= 4 is 11.0 Å². The van der Waals surface area contributed by atoms with Crippen LogP contribution in [0.4, 0.5) is 0 Å². The number of aromatic hydroxyl groups is 3. The average molecular weight is 371 g/mol. The zero-order chi connectivity index (χ0) is 19.4. The molecule has 2 aromatic carbocycles. The van der Waals surface area contributed by atoms with Crippen molar-refractivity contribution in [3.05, 3.63) is 52.7 Å². The van der Waals surface area contributed by atoms with Crippen LogP contribution in [0.2, 0.25) is 0 Å². The lowest BCUT2D eigenvalue weighted by molar-refractivity contribution is -0.103. The third kappa shape index (κ3) is 4.21. The fourth-order valence-electron chi connectivity index (χ4n) is 2.90. The van der Waals surface area contributed by atoms with E-state index >= 15 is 0 Å². The van der Waals surface area contributed by atoms with E-state index in [0.29, 0.717) is 11.3 Å². The number of benzene rings is 2. The van der Waals surface area contributed by atoms with E-state index in [-0.39, 0.29) is 11.0 Å². The van der Waals surface area contributed by atoms with E-state index in [1.54, 1.807) is 24.3 Å². The highest BCUT2D eigenvalue weighted by molar-refractivity contribution is 5.89. The molecule has 0 atom stereocenters. The summed E-state index contributed by atoms with van der Waals surface area (Å²) in [5.74, 6) is -1.67. The van der Waals surface area contributed by atoms with E-state index in [2.05, 4.69) is 0 Å². The molecule has 7 nitrogen and oxygen atoms in total. The van der Waals surface area contributed by atoms with Gasteiger partial charge in [-0.25, -0.2) is 0 Å². The van der Waals surface area contributed by atoms with E-state index in [1.165, 1.54) is 17.6 Å². The number of phenolic OH excluding ortho intramolecular Hbond substituents is 3. The maximum Gasteiger partial charge on any atom is 0.201 e. The van der Waals surface area contributed by atoms with Gasteiger partial charge in [-0.05, 0) is 12.8 Å². The Balaban J connectivity index is 0.000000253.